The molecule has 0 spiro atoms. The molecule has 35 heavy (non-hydrogen) atoms. The predicted octanol–water partition coefficient (Wildman–Crippen LogP) is 8.93. The van der Waals surface area contributed by atoms with E-state index in [2.05, 4.69) is 41.5 Å². The van der Waals surface area contributed by atoms with Crippen LogP contribution in [0, 0.1) is 0 Å². The molecule has 0 bridgehead atoms. The molecule has 0 unspecified atom stereocenters. The fraction of sp³-hybridized carbons (Fsp3) is 0.742. The Hall–Kier alpha value is -1.84. The van der Waals surface area contributed by atoms with Crippen molar-refractivity contribution in [3.05, 3.63) is 43.0 Å². The third-order valence-electron chi connectivity index (χ3n) is 6.61. The number of unbranched alkanes of at least 4 members (excludes halogenated alkanes) is 16. The van der Waals surface area contributed by atoms with Crippen LogP contribution >= 0.6 is 0 Å². The number of nitrogens with zero attached hydrogens (tertiary/aromatic N) is 2. The summed E-state index contributed by atoms with van der Waals surface area (Å²) in [6.45, 7) is 3.94. The topological polar surface area (TPSA) is 46.9 Å². The van der Waals surface area contributed by atoms with E-state index in [4.69, 9.17) is 0 Å². The molecular formula is C31H55N3O. The fourth-order valence-corrected chi connectivity index (χ4v) is 4.35. The second kappa shape index (κ2) is 25.3. The van der Waals surface area contributed by atoms with Crippen LogP contribution in [0.4, 0.5) is 0 Å². The maximum atomic E-state index is 11.9. The van der Waals surface area contributed by atoms with Gasteiger partial charge in [0.15, 0.2) is 0 Å². The third kappa shape index (κ3) is 22.4. The number of aromatic nitrogens is 2. The van der Waals surface area contributed by atoms with Gasteiger partial charge >= 0.3 is 0 Å². The highest BCUT2D eigenvalue weighted by Crippen LogP contribution is 2.12. The van der Waals surface area contributed by atoms with Crippen molar-refractivity contribution in [2.75, 3.05) is 6.54 Å². The van der Waals surface area contributed by atoms with Gasteiger partial charge in [0.2, 0.25) is 5.91 Å². The molecule has 0 aliphatic carbocycles. The Morgan fingerprint density at radius 3 is 1.83 bits per heavy atom. The summed E-state index contributed by atoms with van der Waals surface area (Å²) in [5.41, 5.74) is 0. The van der Waals surface area contributed by atoms with Crippen molar-refractivity contribution >= 4 is 5.91 Å². The second-order valence-corrected chi connectivity index (χ2v) is 9.99. The third-order valence-corrected chi connectivity index (χ3v) is 6.61. The number of nitrogens with one attached hydrogen (secondary N) is 1. The van der Waals surface area contributed by atoms with Crippen molar-refractivity contribution in [2.24, 2.45) is 0 Å². The summed E-state index contributed by atoms with van der Waals surface area (Å²) in [5.74, 6) is 0.196. The maximum absolute atomic E-state index is 11.9. The van der Waals surface area contributed by atoms with Crippen molar-refractivity contribution in [2.45, 2.75) is 142 Å². The standard InChI is InChI=1S/C31H55N3O/c1-2-3-4-5-6-7-8-9-10-11-12-13-14-15-16-17-18-19-20-21-22-23-25-31(35)33-26-24-28-34-29-27-32-30-34/h13-16,27,29-30H,2-12,17-26,28H2,1H3,(H,33,35)/b14-13+,16-15+. The molecule has 0 fully saturated rings. The molecule has 1 aromatic rings. The van der Waals surface area contributed by atoms with Crippen LogP contribution in [0.2, 0.25) is 0 Å². The fourth-order valence-electron chi connectivity index (χ4n) is 4.35. The van der Waals surface area contributed by atoms with Crippen LogP contribution < -0.4 is 5.32 Å². The van der Waals surface area contributed by atoms with E-state index in [9.17, 15) is 4.79 Å². The van der Waals surface area contributed by atoms with Crippen LogP contribution in [0.15, 0.2) is 43.0 Å². The predicted molar refractivity (Wildman–Crippen MR) is 152 cm³/mol. The highest BCUT2D eigenvalue weighted by atomic mass is 16.1. The number of rotatable bonds is 25. The van der Waals surface area contributed by atoms with Gasteiger partial charge in [0, 0.05) is 31.9 Å². The van der Waals surface area contributed by atoms with E-state index in [1.807, 2.05) is 17.1 Å². The lowest BCUT2D eigenvalue weighted by molar-refractivity contribution is -0.121. The first-order valence-corrected chi connectivity index (χ1v) is 14.9. The quantitative estimate of drug-likeness (QED) is 0.111. The van der Waals surface area contributed by atoms with Gasteiger partial charge in [-0.05, 0) is 38.5 Å². The van der Waals surface area contributed by atoms with E-state index in [0.29, 0.717) is 6.42 Å². The molecule has 0 aliphatic rings. The average molecular weight is 486 g/mol. The smallest absolute Gasteiger partial charge is 0.219 e. The number of hydrogen-bond acceptors (Lipinski definition) is 2. The van der Waals surface area contributed by atoms with E-state index >= 15 is 0 Å². The van der Waals surface area contributed by atoms with Gasteiger partial charge in [-0.3, -0.25) is 4.79 Å². The van der Waals surface area contributed by atoms with Gasteiger partial charge in [0.1, 0.15) is 0 Å². The number of carbonyl (C=O) groups is 1. The van der Waals surface area contributed by atoms with Crippen molar-refractivity contribution in [1.82, 2.24) is 14.9 Å². The minimum Gasteiger partial charge on any atom is -0.356 e. The molecule has 0 saturated heterocycles. The average Bonchev–Trinajstić information content (AvgIpc) is 3.38. The summed E-state index contributed by atoms with van der Waals surface area (Å²) in [6.07, 6.45) is 40.1. The van der Waals surface area contributed by atoms with Crippen LogP contribution in [0.3, 0.4) is 0 Å². The van der Waals surface area contributed by atoms with Gasteiger partial charge in [0.25, 0.3) is 0 Å². The summed E-state index contributed by atoms with van der Waals surface area (Å²) >= 11 is 0. The van der Waals surface area contributed by atoms with E-state index in [1.165, 1.54) is 109 Å². The zero-order chi connectivity index (χ0) is 25.1. The van der Waals surface area contributed by atoms with Gasteiger partial charge < -0.3 is 9.88 Å². The molecule has 1 amide bonds. The van der Waals surface area contributed by atoms with Crippen molar-refractivity contribution < 1.29 is 4.79 Å². The molecule has 1 heterocycles. The first-order valence-electron chi connectivity index (χ1n) is 14.9. The Labute approximate surface area is 217 Å². The highest BCUT2D eigenvalue weighted by molar-refractivity contribution is 5.75. The van der Waals surface area contributed by atoms with Crippen LogP contribution in [-0.4, -0.2) is 22.0 Å². The monoisotopic (exact) mass is 485 g/mol. The van der Waals surface area contributed by atoms with Crippen LogP contribution in [-0.2, 0) is 11.3 Å². The second-order valence-electron chi connectivity index (χ2n) is 9.99. The lowest BCUT2D eigenvalue weighted by atomic mass is 10.1. The van der Waals surface area contributed by atoms with Gasteiger partial charge in [-0.2, -0.15) is 0 Å². The first kappa shape index (κ1) is 31.2. The van der Waals surface area contributed by atoms with Gasteiger partial charge in [-0.15, -0.1) is 0 Å². The minimum atomic E-state index is 0.196. The van der Waals surface area contributed by atoms with Crippen molar-refractivity contribution in [3.63, 3.8) is 0 Å². The van der Waals surface area contributed by atoms with E-state index in [1.54, 1.807) is 6.20 Å². The summed E-state index contributed by atoms with van der Waals surface area (Å²) in [4.78, 5) is 15.9. The molecule has 1 aromatic heterocycles. The van der Waals surface area contributed by atoms with Crippen LogP contribution in [0.25, 0.3) is 0 Å². The largest absolute Gasteiger partial charge is 0.356 e. The Morgan fingerprint density at radius 2 is 1.29 bits per heavy atom. The summed E-state index contributed by atoms with van der Waals surface area (Å²) < 4.78 is 2.04. The minimum absolute atomic E-state index is 0.196. The summed E-state index contributed by atoms with van der Waals surface area (Å²) in [5, 5.41) is 3.02. The lowest BCUT2D eigenvalue weighted by Gasteiger charge is -2.06. The summed E-state index contributed by atoms with van der Waals surface area (Å²) in [6, 6.07) is 0. The molecule has 0 radical (unpaired) electrons. The van der Waals surface area contributed by atoms with Crippen molar-refractivity contribution in [3.8, 4) is 0 Å². The Morgan fingerprint density at radius 1 is 0.743 bits per heavy atom. The Kier molecular flexibility index (Phi) is 22.5. The van der Waals surface area contributed by atoms with E-state index in [0.717, 1.165) is 25.9 Å². The normalized spacial score (nSPS) is 11.7. The van der Waals surface area contributed by atoms with Gasteiger partial charge in [-0.25, -0.2) is 4.98 Å². The first-order chi connectivity index (χ1) is 17.3. The number of hydrogen-bond donors (Lipinski definition) is 1. The highest BCUT2D eigenvalue weighted by Gasteiger charge is 2.00. The molecule has 4 nitrogen and oxygen atoms in total. The SMILES string of the molecule is CCCCCCCCCCCC/C=C/C=C/CCCCCCCCC(=O)NCCCn1ccnc1. The molecule has 0 atom stereocenters. The van der Waals surface area contributed by atoms with E-state index in [-0.39, 0.29) is 5.91 Å². The van der Waals surface area contributed by atoms with Crippen LogP contribution in [0.5, 0.6) is 0 Å². The number of aryl methyl sites for hydroxylation is 1. The lowest BCUT2D eigenvalue weighted by Crippen LogP contribution is -2.24. The molecule has 0 aliphatic heterocycles. The molecule has 0 aromatic carbocycles. The van der Waals surface area contributed by atoms with Crippen LogP contribution in [0.1, 0.15) is 135 Å². The van der Waals surface area contributed by atoms with Gasteiger partial charge in [-0.1, -0.05) is 115 Å². The summed E-state index contributed by atoms with van der Waals surface area (Å²) in [7, 11) is 0. The number of carbonyl (C=O) groups excluding carboxylic acids is 1. The van der Waals surface area contributed by atoms with Gasteiger partial charge in [0.05, 0.1) is 6.33 Å². The maximum Gasteiger partial charge on any atom is 0.219 e. The molecule has 1 rings (SSSR count). The van der Waals surface area contributed by atoms with E-state index < -0.39 is 0 Å². The molecule has 200 valence electrons. The molecular weight excluding hydrogens is 430 g/mol. The zero-order valence-corrected chi connectivity index (χ0v) is 22.9. The molecule has 4 heteroatoms. The molecule has 0 saturated carbocycles. The van der Waals surface area contributed by atoms with Crippen molar-refractivity contribution in [1.29, 1.82) is 0 Å². The number of amides is 1. The Bertz CT molecular complexity index is 621. The number of imidazole rings is 1. The zero-order valence-electron chi connectivity index (χ0n) is 22.9. The Balaban J connectivity index is 1.75. The molecule has 1 N–H and O–H groups in total. The number of allylic oxidation sites excluding steroid dienone is 4.